The maximum absolute atomic E-state index is 12.1. The molecule has 21 heavy (non-hydrogen) atoms. The summed E-state index contributed by atoms with van der Waals surface area (Å²) < 4.78 is 24.2. The number of carbonyl (C=O) groups is 1. The number of carboxylic acid groups (broad SMARTS) is 1. The zero-order valence-corrected chi connectivity index (χ0v) is 11.3. The van der Waals surface area contributed by atoms with Gasteiger partial charge in [-0.2, -0.15) is 0 Å². The van der Waals surface area contributed by atoms with Crippen LogP contribution in [0, 0.1) is 20.2 Å². The third-order valence-electron chi connectivity index (χ3n) is 2.42. The highest BCUT2D eigenvalue weighted by atomic mass is 32.2. The molecule has 0 fully saturated rings. The molecule has 1 N–H and O–H groups in total. The highest BCUT2D eigenvalue weighted by Gasteiger charge is 2.35. The largest absolute Gasteiger partial charge is 0.464 e. The molecular weight excluding hydrogens is 310 g/mol. The first-order valence-corrected chi connectivity index (χ1v) is 6.75. The van der Waals surface area contributed by atoms with Gasteiger partial charge in [0, 0.05) is 12.6 Å². The highest BCUT2D eigenvalue weighted by molar-refractivity contribution is 7.89. The minimum atomic E-state index is -4.70. The lowest BCUT2D eigenvalue weighted by molar-refractivity contribution is -0.396. The fraction of sp³-hybridized carbons (Fsp3) is 0.222. The molecule has 0 atom stereocenters. The molecule has 1 amide bonds. The monoisotopic (exact) mass is 319 g/mol. The van der Waals surface area contributed by atoms with Crippen LogP contribution >= 0.6 is 0 Å². The van der Waals surface area contributed by atoms with Crippen LogP contribution in [0.2, 0.25) is 0 Å². The van der Waals surface area contributed by atoms with E-state index >= 15 is 0 Å². The molecule has 0 aliphatic carbocycles. The first-order valence-electron chi connectivity index (χ1n) is 5.31. The predicted octanol–water partition coefficient (Wildman–Crippen LogP) is 1.19. The molecule has 0 saturated heterocycles. The quantitative estimate of drug-likeness (QED) is 0.625. The fourth-order valence-corrected chi connectivity index (χ4v) is 2.93. The summed E-state index contributed by atoms with van der Waals surface area (Å²) in [6, 6.07) is 1.84. The number of non-ortho nitro benzene ring substituents is 1. The molecule has 0 radical (unpaired) electrons. The summed E-state index contributed by atoms with van der Waals surface area (Å²) in [7, 11) is -4.70. The average Bonchev–Trinajstić information content (AvgIpc) is 2.37. The molecule has 1 rings (SSSR count). The zero-order chi connectivity index (χ0) is 16.4. The van der Waals surface area contributed by atoms with Crippen LogP contribution in [-0.2, 0) is 10.0 Å². The minimum Gasteiger partial charge on any atom is -0.464 e. The Kier molecular flexibility index (Phi) is 4.42. The average molecular weight is 319 g/mol. The molecule has 0 aliphatic rings. The summed E-state index contributed by atoms with van der Waals surface area (Å²) in [4.78, 5) is 29.3. The second kappa shape index (κ2) is 5.70. The number of nitro benzene ring substituents is 2. The maximum atomic E-state index is 12.1. The van der Waals surface area contributed by atoms with Gasteiger partial charge in [0.2, 0.25) is 0 Å². The van der Waals surface area contributed by atoms with Gasteiger partial charge in [-0.3, -0.25) is 20.2 Å². The summed E-state index contributed by atoms with van der Waals surface area (Å²) >= 11 is 0. The molecule has 0 spiro atoms. The Labute approximate surface area is 117 Å². The Bertz CT molecular complexity index is 714. The normalized spacial score (nSPS) is 10.9. The van der Waals surface area contributed by atoms with Gasteiger partial charge in [0.25, 0.3) is 21.4 Å². The summed E-state index contributed by atoms with van der Waals surface area (Å²) in [5.41, 5.74) is -1.75. The van der Waals surface area contributed by atoms with E-state index in [9.17, 15) is 33.4 Å². The standard InChI is InChI=1S/C9H9N3O8S/c1-2-10(9(13)14)21(19,20)8-4-3-6(11(15)16)5-7(8)12(17)18/h3-5H,2H2,1H3,(H,13,14). The number of rotatable bonds is 5. The topological polar surface area (TPSA) is 161 Å². The molecule has 0 heterocycles. The van der Waals surface area contributed by atoms with Crippen molar-refractivity contribution in [2.75, 3.05) is 6.54 Å². The summed E-state index contributed by atoms with van der Waals surface area (Å²) in [5, 5.41) is 30.3. The summed E-state index contributed by atoms with van der Waals surface area (Å²) in [6.45, 7) is 0.759. The molecule has 0 unspecified atom stereocenters. The lowest BCUT2D eigenvalue weighted by Crippen LogP contribution is -2.35. The van der Waals surface area contributed by atoms with Crippen molar-refractivity contribution in [3.05, 3.63) is 38.4 Å². The predicted molar refractivity (Wildman–Crippen MR) is 67.3 cm³/mol. The van der Waals surface area contributed by atoms with E-state index in [0.29, 0.717) is 12.1 Å². The first kappa shape index (κ1) is 16.3. The van der Waals surface area contributed by atoms with Gasteiger partial charge in [0.1, 0.15) is 0 Å². The van der Waals surface area contributed by atoms with E-state index in [-0.39, 0.29) is 4.31 Å². The van der Waals surface area contributed by atoms with Crippen molar-refractivity contribution < 1.29 is 28.2 Å². The molecule has 12 heteroatoms. The minimum absolute atomic E-state index is 0.00116. The number of amides is 1. The van der Waals surface area contributed by atoms with E-state index < -0.39 is 48.8 Å². The lowest BCUT2D eigenvalue weighted by Gasteiger charge is -2.16. The van der Waals surface area contributed by atoms with Crippen LogP contribution in [0.15, 0.2) is 23.1 Å². The van der Waals surface area contributed by atoms with Crippen molar-refractivity contribution in [3.63, 3.8) is 0 Å². The van der Waals surface area contributed by atoms with Crippen LogP contribution in [0.1, 0.15) is 6.92 Å². The van der Waals surface area contributed by atoms with Crippen LogP contribution in [0.5, 0.6) is 0 Å². The van der Waals surface area contributed by atoms with Crippen LogP contribution in [0.25, 0.3) is 0 Å². The molecule has 1 aromatic carbocycles. The van der Waals surface area contributed by atoms with Gasteiger partial charge in [-0.05, 0) is 13.0 Å². The second-order valence-corrected chi connectivity index (χ2v) is 5.45. The van der Waals surface area contributed by atoms with Crippen molar-refractivity contribution in [3.8, 4) is 0 Å². The van der Waals surface area contributed by atoms with Gasteiger partial charge in [-0.25, -0.2) is 17.5 Å². The fourth-order valence-electron chi connectivity index (χ4n) is 1.51. The number of hydrogen-bond donors (Lipinski definition) is 1. The number of nitro groups is 2. The van der Waals surface area contributed by atoms with Gasteiger partial charge in [0.15, 0.2) is 4.90 Å². The van der Waals surface area contributed by atoms with Gasteiger partial charge in [0.05, 0.1) is 15.9 Å². The highest BCUT2D eigenvalue weighted by Crippen LogP contribution is 2.30. The smallest absolute Gasteiger partial charge is 0.421 e. The summed E-state index contributed by atoms with van der Waals surface area (Å²) in [5.74, 6) is 0. The number of benzene rings is 1. The molecule has 0 aromatic heterocycles. The van der Waals surface area contributed by atoms with Crippen LogP contribution in [-0.4, -0.2) is 40.3 Å². The molecular formula is C9H9N3O8S. The van der Waals surface area contributed by atoms with Crippen molar-refractivity contribution in [2.45, 2.75) is 11.8 Å². The van der Waals surface area contributed by atoms with Gasteiger partial charge in [-0.15, -0.1) is 0 Å². The van der Waals surface area contributed by atoms with Crippen molar-refractivity contribution in [2.24, 2.45) is 0 Å². The Hall–Kier alpha value is -2.76. The van der Waals surface area contributed by atoms with Crippen molar-refractivity contribution in [1.29, 1.82) is 0 Å². The van der Waals surface area contributed by atoms with E-state index in [2.05, 4.69) is 0 Å². The van der Waals surface area contributed by atoms with Crippen molar-refractivity contribution >= 4 is 27.5 Å². The van der Waals surface area contributed by atoms with Gasteiger partial charge >= 0.3 is 6.09 Å². The maximum Gasteiger partial charge on any atom is 0.421 e. The summed E-state index contributed by atoms with van der Waals surface area (Å²) in [6.07, 6.45) is -1.81. The molecule has 0 bridgehead atoms. The van der Waals surface area contributed by atoms with E-state index in [1.165, 1.54) is 6.92 Å². The number of sulfonamides is 1. The molecule has 114 valence electrons. The molecule has 0 aliphatic heterocycles. The third kappa shape index (κ3) is 3.05. The van der Waals surface area contributed by atoms with Crippen LogP contribution < -0.4 is 0 Å². The first-order chi connectivity index (χ1) is 9.62. The van der Waals surface area contributed by atoms with Gasteiger partial charge in [-0.1, -0.05) is 0 Å². The SMILES string of the molecule is CCN(C(=O)O)S(=O)(=O)c1ccc([N+](=O)[O-])cc1[N+](=O)[O-]. The van der Waals surface area contributed by atoms with E-state index in [0.717, 1.165) is 6.07 Å². The lowest BCUT2D eigenvalue weighted by atomic mass is 10.3. The number of hydrogen-bond acceptors (Lipinski definition) is 7. The number of nitrogens with zero attached hydrogens (tertiary/aromatic N) is 3. The molecule has 11 nitrogen and oxygen atoms in total. The molecule has 1 aromatic rings. The zero-order valence-electron chi connectivity index (χ0n) is 10.5. The van der Waals surface area contributed by atoms with E-state index in [4.69, 9.17) is 5.11 Å². The van der Waals surface area contributed by atoms with E-state index in [1.807, 2.05) is 0 Å². The second-order valence-electron chi connectivity index (χ2n) is 3.62. The van der Waals surface area contributed by atoms with Crippen LogP contribution in [0.4, 0.5) is 16.2 Å². The Morgan fingerprint density at radius 1 is 1.29 bits per heavy atom. The van der Waals surface area contributed by atoms with Crippen molar-refractivity contribution in [1.82, 2.24) is 4.31 Å². The van der Waals surface area contributed by atoms with Crippen LogP contribution in [0.3, 0.4) is 0 Å². The van der Waals surface area contributed by atoms with E-state index in [1.54, 1.807) is 0 Å². The Balaban J connectivity index is 3.59. The third-order valence-corrected chi connectivity index (χ3v) is 4.31. The van der Waals surface area contributed by atoms with Gasteiger partial charge < -0.3 is 5.11 Å². The Morgan fingerprint density at radius 3 is 2.24 bits per heavy atom. The molecule has 0 saturated carbocycles. The Morgan fingerprint density at radius 2 is 1.86 bits per heavy atom.